The number of hydrogen-bond donors (Lipinski definition) is 1. The molecule has 0 saturated carbocycles. The first-order valence-electron chi connectivity index (χ1n) is 4.21. The Balaban J connectivity index is 2.50. The van der Waals surface area contributed by atoms with Crippen LogP contribution in [0.4, 0.5) is 5.00 Å². The van der Waals surface area contributed by atoms with Crippen LogP contribution in [0.5, 0.6) is 0 Å². The number of nitrogens with zero attached hydrogens (tertiary/aromatic N) is 2. The Hall–Kier alpha value is -1.05. The van der Waals surface area contributed by atoms with Gasteiger partial charge in [0.2, 0.25) is 0 Å². The average Bonchev–Trinajstić information content (AvgIpc) is 2.40. The molecule has 3 nitrogen and oxygen atoms in total. The Kier molecular flexibility index (Phi) is 1.98. The fourth-order valence-corrected chi connectivity index (χ4v) is 2.69. The fourth-order valence-electron chi connectivity index (χ4n) is 1.67. The normalized spacial score (nSPS) is 16.6. The summed E-state index contributed by atoms with van der Waals surface area (Å²) in [4.78, 5) is 3.52. The van der Waals surface area contributed by atoms with Gasteiger partial charge in [-0.3, -0.25) is 0 Å². The fraction of sp³-hybridized carbons (Fsp3) is 0.444. The molecule has 0 spiro atoms. The number of nitrogen functional groups attached to an aromatic ring is 1. The lowest BCUT2D eigenvalue weighted by Crippen LogP contribution is -2.25. The maximum atomic E-state index is 8.91. The summed E-state index contributed by atoms with van der Waals surface area (Å²) in [7, 11) is 2.07. The number of nitriles is 1. The lowest BCUT2D eigenvalue weighted by Gasteiger charge is -2.21. The number of fused-ring (bicyclic) bond motifs is 1. The summed E-state index contributed by atoms with van der Waals surface area (Å²) in [5.74, 6) is 0. The molecule has 0 saturated heterocycles. The molecule has 13 heavy (non-hydrogen) atoms. The van der Waals surface area contributed by atoms with Crippen LogP contribution >= 0.6 is 11.3 Å². The van der Waals surface area contributed by atoms with Gasteiger partial charge in [0.15, 0.2) is 0 Å². The van der Waals surface area contributed by atoms with Crippen LogP contribution in [0.1, 0.15) is 16.0 Å². The van der Waals surface area contributed by atoms with E-state index in [1.807, 2.05) is 0 Å². The van der Waals surface area contributed by atoms with Crippen molar-refractivity contribution < 1.29 is 0 Å². The number of hydrogen-bond acceptors (Lipinski definition) is 4. The van der Waals surface area contributed by atoms with Crippen molar-refractivity contribution in [1.29, 1.82) is 5.26 Å². The quantitative estimate of drug-likeness (QED) is 0.673. The second kappa shape index (κ2) is 3.02. The maximum Gasteiger partial charge on any atom is 0.104 e. The van der Waals surface area contributed by atoms with Gasteiger partial charge < -0.3 is 10.6 Å². The Bertz CT molecular complexity index is 375. The molecule has 0 fully saturated rings. The van der Waals surface area contributed by atoms with Crippen LogP contribution in [0, 0.1) is 11.3 Å². The van der Waals surface area contributed by atoms with Crippen LogP contribution < -0.4 is 5.73 Å². The lowest BCUT2D eigenvalue weighted by atomic mass is 10.1. The van der Waals surface area contributed by atoms with Crippen LogP contribution in [-0.2, 0) is 13.0 Å². The first-order valence-corrected chi connectivity index (χ1v) is 5.02. The Labute approximate surface area is 81.4 Å². The van der Waals surface area contributed by atoms with E-state index in [1.54, 1.807) is 11.3 Å². The van der Waals surface area contributed by atoms with Gasteiger partial charge in [0.25, 0.3) is 0 Å². The molecule has 0 radical (unpaired) electrons. The predicted molar refractivity (Wildman–Crippen MR) is 53.5 cm³/mol. The van der Waals surface area contributed by atoms with E-state index in [1.165, 1.54) is 4.88 Å². The van der Waals surface area contributed by atoms with Crippen LogP contribution in [0.25, 0.3) is 0 Å². The topological polar surface area (TPSA) is 53.0 Å². The summed E-state index contributed by atoms with van der Waals surface area (Å²) in [5.41, 5.74) is 7.61. The summed E-state index contributed by atoms with van der Waals surface area (Å²) in [5, 5.41) is 9.59. The Morgan fingerprint density at radius 2 is 2.38 bits per heavy atom. The Morgan fingerprint density at radius 3 is 3.08 bits per heavy atom. The van der Waals surface area contributed by atoms with Crippen LogP contribution in [0.2, 0.25) is 0 Å². The number of nitrogens with two attached hydrogens (primary N) is 1. The molecule has 1 aromatic heterocycles. The lowest BCUT2D eigenvalue weighted by molar-refractivity contribution is 0.315. The third kappa shape index (κ3) is 1.30. The summed E-state index contributed by atoms with van der Waals surface area (Å²) in [6.45, 7) is 1.93. The smallest absolute Gasteiger partial charge is 0.104 e. The van der Waals surface area contributed by atoms with E-state index in [-0.39, 0.29) is 0 Å². The summed E-state index contributed by atoms with van der Waals surface area (Å²) in [6, 6.07) is 2.18. The molecule has 4 heteroatoms. The van der Waals surface area contributed by atoms with Gasteiger partial charge in [-0.2, -0.15) is 5.26 Å². The van der Waals surface area contributed by atoms with E-state index in [4.69, 9.17) is 11.0 Å². The Morgan fingerprint density at radius 1 is 1.62 bits per heavy atom. The second-order valence-electron chi connectivity index (χ2n) is 3.34. The molecule has 0 aromatic carbocycles. The summed E-state index contributed by atoms with van der Waals surface area (Å²) >= 11 is 1.57. The number of rotatable bonds is 0. The molecule has 0 aliphatic carbocycles. The number of thiophene rings is 1. The zero-order valence-corrected chi connectivity index (χ0v) is 8.32. The van der Waals surface area contributed by atoms with Crippen molar-refractivity contribution in [1.82, 2.24) is 4.90 Å². The highest BCUT2D eigenvalue weighted by Gasteiger charge is 2.21. The van der Waals surface area contributed by atoms with Crippen molar-refractivity contribution in [2.75, 3.05) is 19.3 Å². The molecule has 0 atom stereocenters. The number of likely N-dealkylation sites (N-methyl/N-ethyl adjacent to an activating group) is 1. The molecule has 1 aromatic rings. The van der Waals surface area contributed by atoms with E-state index in [0.717, 1.165) is 25.1 Å². The van der Waals surface area contributed by atoms with Gasteiger partial charge in [-0.05, 0) is 13.5 Å². The van der Waals surface area contributed by atoms with Crippen molar-refractivity contribution in [2.45, 2.75) is 13.0 Å². The minimum Gasteiger partial charge on any atom is -0.389 e. The highest BCUT2D eigenvalue weighted by molar-refractivity contribution is 7.16. The molecule has 1 aliphatic heterocycles. The molecule has 2 rings (SSSR count). The third-order valence-corrected chi connectivity index (χ3v) is 3.50. The molecular formula is C9H11N3S. The standard InChI is InChI=1S/C9H11N3S/c1-12-3-2-8-7(5-12)6(4-10)9(11)13-8/h2-3,5,11H2,1H3. The van der Waals surface area contributed by atoms with E-state index in [9.17, 15) is 0 Å². The van der Waals surface area contributed by atoms with Gasteiger partial charge >= 0.3 is 0 Å². The van der Waals surface area contributed by atoms with E-state index in [2.05, 4.69) is 18.0 Å². The van der Waals surface area contributed by atoms with Gasteiger partial charge in [-0.1, -0.05) is 0 Å². The molecular weight excluding hydrogens is 182 g/mol. The van der Waals surface area contributed by atoms with Crippen molar-refractivity contribution in [3.63, 3.8) is 0 Å². The van der Waals surface area contributed by atoms with E-state index in [0.29, 0.717) is 10.6 Å². The van der Waals surface area contributed by atoms with Crippen LogP contribution in [-0.4, -0.2) is 18.5 Å². The highest BCUT2D eigenvalue weighted by Crippen LogP contribution is 2.33. The first-order chi connectivity index (χ1) is 6.22. The van der Waals surface area contributed by atoms with Gasteiger partial charge in [0.1, 0.15) is 11.1 Å². The van der Waals surface area contributed by atoms with Crippen LogP contribution in [0.3, 0.4) is 0 Å². The molecule has 2 heterocycles. The molecule has 1 aliphatic rings. The zero-order valence-electron chi connectivity index (χ0n) is 7.50. The van der Waals surface area contributed by atoms with Crippen molar-refractivity contribution in [3.8, 4) is 6.07 Å². The average molecular weight is 193 g/mol. The second-order valence-corrected chi connectivity index (χ2v) is 4.48. The van der Waals surface area contributed by atoms with Crippen molar-refractivity contribution in [3.05, 3.63) is 16.0 Å². The van der Waals surface area contributed by atoms with E-state index >= 15 is 0 Å². The third-order valence-electron chi connectivity index (χ3n) is 2.38. The monoisotopic (exact) mass is 193 g/mol. The molecule has 0 unspecified atom stereocenters. The maximum absolute atomic E-state index is 8.91. The highest BCUT2D eigenvalue weighted by atomic mass is 32.1. The largest absolute Gasteiger partial charge is 0.389 e. The van der Waals surface area contributed by atoms with E-state index < -0.39 is 0 Å². The SMILES string of the molecule is CN1CCc2sc(N)c(C#N)c2C1. The first kappa shape index (κ1) is 8.54. The van der Waals surface area contributed by atoms with Crippen molar-refractivity contribution >= 4 is 16.3 Å². The van der Waals surface area contributed by atoms with Gasteiger partial charge in [-0.15, -0.1) is 11.3 Å². The van der Waals surface area contributed by atoms with Crippen LogP contribution in [0.15, 0.2) is 0 Å². The van der Waals surface area contributed by atoms with Gasteiger partial charge in [0.05, 0.1) is 5.56 Å². The molecule has 68 valence electrons. The summed E-state index contributed by atoms with van der Waals surface area (Å²) < 4.78 is 0. The molecule has 0 bridgehead atoms. The molecule has 2 N–H and O–H groups in total. The van der Waals surface area contributed by atoms with Gasteiger partial charge in [-0.25, -0.2) is 0 Å². The minimum absolute atomic E-state index is 0.683. The predicted octanol–water partition coefficient (Wildman–Crippen LogP) is 1.19. The molecule has 0 amide bonds. The van der Waals surface area contributed by atoms with Gasteiger partial charge in [0, 0.05) is 23.5 Å². The zero-order chi connectivity index (χ0) is 9.42. The van der Waals surface area contributed by atoms with Crippen molar-refractivity contribution in [2.24, 2.45) is 0 Å². The minimum atomic E-state index is 0.683. The summed E-state index contributed by atoms with van der Waals surface area (Å²) in [6.07, 6.45) is 1.03. The number of anilines is 1.